The summed E-state index contributed by atoms with van der Waals surface area (Å²) in [6, 6.07) is 5.48. The van der Waals surface area contributed by atoms with E-state index in [0.29, 0.717) is 12.1 Å². The highest BCUT2D eigenvalue weighted by molar-refractivity contribution is 5.99. The molecule has 1 aliphatic carbocycles. The van der Waals surface area contributed by atoms with Gasteiger partial charge in [-0.2, -0.15) is 0 Å². The maximum absolute atomic E-state index is 12.0. The average Bonchev–Trinajstić information content (AvgIpc) is 3.27. The Labute approximate surface area is 128 Å². The number of rotatable bonds is 3. The van der Waals surface area contributed by atoms with Crippen LogP contribution in [0, 0.1) is 11.8 Å². The van der Waals surface area contributed by atoms with Crippen molar-refractivity contribution in [3.05, 3.63) is 23.8 Å². The van der Waals surface area contributed by atoms with E-state index in [4.69, 9.17) is 5.11 Å². The molecule has 6 heteroatoms. The van der Waals surface area contributed by atoms with Gasteiger partial charge in [0.25, 0.3) is 0 Å². The van der Waals surface area contributed by atoms with Crippen molar-refractivity contribution >= 4 is 29.2 Å². The number of carbonyl (C=O) groups excluding carboxylic acids is 2. The number of aliphatic carboxylic acids is 1. The van der Waals surface area contributed by atoms with Crippen LogP contribution in [0.4, 0.5) is 11.4 Å². The molecule has 22 heavy (non-hydrogen) atoms. The summed E-state index contributed by atoms with van der Waals surface area (Å²) in [7, 11) is 0. The Morgan fingerprint density at radius 2 is 2.05 bits per heavy atom. The van der Waals surface area contributed by atoms with Crippen molar-refractivity contribution in [3.8, 4) is 0 Å². The Morgan fingerprint density at radius 3 is 2.68 bits per heavy atom. The summed E-state index contributed by atoms with van der Waals surface area (Å²) in [6.07, 6.45) is 2.17. The molecule has 2 unspecified atom stereocenters. The zero-order chi connectivity index (χ0) is 15.9. The van der Waals surface area contributed by atoms with Crippen LogP contribution < -0.4 is 10.2 Å². The second-order valence-corrected chi connectivity index (χ2v) is 5.89. The minimum atomic E-state index is -0.914. The van der Waals surface area contributed by atoms with Crippen LogP contribution in [0.5, 0.6) is 0 Å². The first kappa shape index (κ1) is 14.6. The summed E-state index contributed by atoms with van der Waals surface area (Å²) in [6.45, 7) is 2.26. The first-order valence-corrected chi connectivity index (χ1v) is 7.42. The molecule has 2 N–H and O–H groups in total. The Kier molecular flexibility index (Phi) is 3.60. The quantitative estimate of drug-likeness (QED) is 0.888. The molecule has 116 valence electrons. The highest BCUT2D eigenvalue weighted by atomic mass is 16.4. The Bertz CT molecular complexity index is 656. The Hall–Kier alpha value is -2.37. The van der Waals surface area contributed by atoms with Gasteiger partial charge >= 0.3 is 5.97 Å². The van der Waals surface area contributed by atoms with Crippen molar-refractivity contribution in [2.45, 2.75) is 26.2 Å². The van der Waals surface area contributed by atoms with Gasteiger partial charge in [0.1, 0.15) is 0 Å². The van der Waals surface area contributed by atoms with Gasteiger partial charge in [-0.1, -0.05) is 0 Å². The van der Waals surface area contributed by atoms with E-state index in [0.717, 1.165) is 30.6 Å². The van der Waals surface area contributed by atoms with E-state index in [1.165, 1.54) is 0 Å². The van der Waals surface area contributed by atoms with Gasteiger partial charge in [0.05, 0.1) is 11.8 Å². The molecule has 0 saturated heterocycles. The number of carboxylic acids is 1. The monoisotopic (exact) mass is 302 g/mol. The zero-order valence-corrected chi connectivity index (χ0v) is 12.3. The van der Waals surface area contributed by atoms with Crippen molar-refractivity contribution in [1.29, 1.82) is 0 Å². The summed E-state index contributed by atoms with van der Waals surface area (Å²) in [5.74, 6) is -2.12. The number of amides is 2. The van der Waals surface area contributed by atoms with E-state index in [1.54, 1.807) is 17.9 Å². The highest BCUT2D eigenvalue weighted by Gasteiger charge is 2.48. The number of hydrogen-bond donors (Lipinski definition) is 2. The first-order valence-electron chi connectivity index (χ1n) is 7.42. The van der Waals surface area contributed by atoms with Crippen LogP contribution in [0.3, 0.4) is 0 Å². The van der Waals surface area contributed by atoms with Gasteiger partial charge in [-0.05, 0) is 43.0 Å². The molecule has 1 aromatic rings. The topological polar surface area (TPSA) is 86.7 Å². The van der Waals surface area contributed by atoms with Crippen molar-refractivity contribution < 1.29 is 19.5 Å². The summed E-state index contributed by atoms with van der Waals surface area (Å²) in [5, 5.41) is 11.6. The molecule has 0 aromatic heterocycles. The van der Waals surface area contributed by atoms with E-state index in [9.17, 15) is 14.4 Å². The van der Waals surface area contributed by atoms with Crippen molar-refractivity contribution in [2.24, 2.45) is 11.8 Å². The Balaban J connectivity index is 1.73. The number of anilines is 2. The van der Waals surface area contributed by atoms with E-state index in [2.05, 4.69) is 5.32 Å². The van der Waals surface area contributed by atoms with Crippen molar-refractivity contribution in [3.63, 3.8) is 0 Å². The number of aryl methyl sites for hydroxylation is 1. The number of benzene rings is 1. The van der Waals surface area contributed by atoms with Gasteiger partial charge in [-0.3, -0.25) is 14.4 Å². The van der Waals surface area contributed by atoms with Gasteiger partial charge in [-0.15, -0.1) is 0 Å². The third-order valence-corrected chi connectivity index (χ3v) is 4.29. The molecule has 0 bridgehead atoms. The minimum Gasteiger partial charge on any atom is -0.481 e. The molecule has 6 nitrogen and oxygen atoms in total. The maximum atomic E-state index is 12.0. The number of fused-ring (bicyclic) bond motifs is 1. The smallest absolute Gasteiger partial charge is 0.307 e. The fourth-order valence-corrected chi connectivity index (χ4v) is 2.99. The molecule has 1 aliphatic heterocycles. The second kappa shape index (κ2) is 5.44. The van der Waals surface area contributed by atoms with Crippen LogP contribution >= 0.6 is 0 Å². The Morgan fingerprint density at radius 1 is 1.27 bits per heavy atom. The molecule has 2 amide bonds. The molecule has 2 atom stereocenters. The molecule has 3 rings (SSSR count). The van der Waals surface area contributed by atoms with Crippen LogP contribution in [0.15, 0.2) is 18.2 Å². The predicted octanol–water partition coefficient (Wildman–Crippen LogP) is 1.64. The first-order chi connectivity index (χ1) is 10.5. The van der Waals surface area contributed by atoms with Crippen molar-refractivity contribution in [1.82, 2.24) is 0 Å². The number of hydrogen-bond acceptors (Lipinski definition) is 3. The molecular weight excluding hydrogens is 284 g/mol. The standard InChI is InChI=1S/C16H18N2O4/c1-9(19)18-6-2-3-10-7-11(4-5-14(10)18)17-15(20)12-8-13(12)16(21)22/h4-5,7,12-13H,2-3,6,8H2,1H3,(H,17,20)(H,21,22). The summed E-state index contributed by atoms with van der Waals surface area (Å²) >= 11 is 0. The predicted molar refractivity (Wildman–Crippen MR) is 80.7 cm³/mol. The van der Waals surface area contributed by atoms with Crippen molar-refractivity contribution in [2.75, 3.05) is 16.8 Å². The fraction of sp³-hybridized carbons (Fsp3) is 0.438. The van der Waals surface area contributed by atoms with Gasteiger partial charge in [0.2, 0.25) is 11.8 Å². The minimum absolute atomic E-state index is 0.0139. The van der Waals surface area contributed by atoms with E-state index in [-0.39, 0.29) is 11.8 Å². The molecule has 1 fully saturated rings. The largest absolute Gasteiger partial charge is 0.481 e. The molecule has 1 heterocycles. The lowest BCUT2D eigenvalue weighted by atomic mass is 10.0. The summed E-state index contributed by atoms with van der Waals surface area (Å²) < 4.78 is 0. The SMILES string of the molecule is CC(=O)N1CCCc2cc(NC(=O)C3CC3C(=O)O)ccc21. The molecule has 0 radical (unpaired) electrons. The maximum Gasteiger partial charge on any atom is 0.307 e. The summed E-state index contributed by atoms with van der Waals surface area (Å²) in [4.78, 5) is 36.2. The number of nitrogens with zero attached hydrogens (tertiary/aromatic N) is 1. The third-order valence-electron chi connectivity index (χ3n) is 4.29. The molecule has 1 aromatic carbocycles. The van der Waals surface area contributed by atoms with E-state index >= 15 is 0 Å². The van der Waals surface area contributed by atoms with E-state index in [1.807, 2.05) is 12.1 Å². The number of nitrogens with one attached hydrogen (secondary N) is 1. The second-order valence-electron chi connectivity index (χ2n) is 5.89. The lowest BCUT2D eigenvalue weighted by molar-refractivity contribution is -0.139. The van der Waals surface area contributed by atoms with Crippen LogP contribution in [-0.4, -0.2) is 29.4 Å². The van der Waals surface area contributed by atoms with Crippen LogP contribution in [-0.2, 0) is 20.8 Å². The number of carbonyl (C=O) groups is 3. The lowest BCUT2D eigenvalue weighted by Crippen LogP contribution is -2.33. The average molecular weight is 302 g/mol. The van der Waals surface area contributed by atoms with Crippen LogP contribution in [0.25, 0.3) is 0 Å². The fourth-order valence-electron chi connectivity index (χ4n) is 2.99. The van der Waals surface area contributed by atoms with Crippen LogP contribution in [0.1, 0.15) is 25.3 Å². The van der Waals surface area contributed by atoms with E-state index < -0.39 is 17.8 Å². The zero-order valence-electron chi connectivity index (χ0n) is 12.3. The lowest BCUT2D eigenvalue weighted by Gasteiger charge is -2.29. The third kappa shape index (κ3) is 2.68. The normalized spacial score (nSPS) is 22.7. The molecule has 2 aliphatic rings. The van der Waals surface area contributed by atoms with Gasteiger partial charge in [-0.25, -0.2) is 0 Å². The van der Waals surface area contributed by atoms with Gasteiger partial charge in [0.15, 0.2) is 0 Å². The molecule has 1 saturated carbocycles. The highest BCUT2D eigenvalue weighted by Crippen LogP contribution is 2.39. The van der Waals surface area contributed by atoms with Crippen LogP contribution in [0.2, 0.25) is 0 Å². The van der Waals surface area contributed by atoms with Gasteiger partial charge < -0.3 is 15.3 Å². The van der Waals surface area contributed by atoms with Gasteiger partial charge in [0, 0.05) is 24.8 Å². The summed E-state index contributed by atoms with van der Waals surface area (Å²) in [5.41, 5.74) is 2.58. The molecule has 0 spiro atoms. The number of carboxylic acid groups (broad SMARTS) is 1. The molecular formula is C16H18N2O4.